The second-order valence-corrected chi connectivity index (χ2v) is 6.03. The van der Waals surface area contributed by atoms with Gasteiger partial charge in [0.25, 0.3) is 0 Å². The number of halogens is 1. The van der Waals surface area contributed by atoms with Crippen LogP contribution in [0, 0.1) is 13.8 Å². The predicted octanol–water partition coefficient (Wildman–Crippen LogP) is 5.47. The predicted molar refractivity (Wildman–Crippen MR) is 74.6 cm³/mol. The van der Waals surface area contributed by atoms with Crippen molar-refractivity contribution < 1.29 is 4.42 Å². The Bertz CT molecular complexity index is 562. The highest BCUT2D eigenvalue weighted by Gasteiger charge is 2.24. The van der Waals surface area contributed by atoms with Crippen molar-refractivity contribution in [1.29, 1.82) is 0 Å². The maximum absolute atomic E-state index is 5.95. The summed E-state index contributed by atoms with van der Waals surface area (Å²) >= 11 is 3.61. The van der Waals surface area contributed by atoms with Gasteiger partial charge in [-0.1, -0.05) is 12.8 Å². The van der Waals surface area contributed by atoms with Crippen LogP contribution in [-0.4, -0.2) is 0 Å². The molecule has 1 nitrogen and oxygen atoms in total. The molecule has 1 aliphatic carbocycles. The van der Waals surface area contributed by atoms with Crippen LogP contribution >= 0.6 is 15.9 Å². The van der Waals surface area contributed by atoms with Gasteiger partial charge < -0.3 is 4.42 Å². The SMILES string of the molecule is Cc1cc(Br)c2oc(C)c(C3CCCC3)c2c1. The minimum absolute atomic E-state index is 0.713. The molecule has 2 heteroatoms. The number of fused-ring (bicyclic) bond motifs is 1. The van der Waals surface area contributed by atoms with Crippen molar-refractivity contribution in [2.24, 2.45) is 0 Å². The van der Waals surface area contributed by atoms with Crippen LogP contribution in [0.1, 0.15) is 48.5 Å². The Kier molecular flexibility index (Phi) is 2.78. The minimum atomic E-state index is 0.713. The topological polar surface area (TPSA) is 13.1 Å². The summed E-state index contributed by atoms with van der Waals surface area (Å²) in [6.45, 7) is 4.25. The maximum Gasteiger partial charge on any atom is 0.148 e. The first-order chi connectivity index (χ1) is 8.16. The van der Waals surface area contributed by atoms with Crippen LogP contribution in [0.2, 0.25) is 0 Å². The van der Waals surface area contributed by atoms with Gasteiger partial charge in [0.1, 0.15) is 11.3 Å². The molecule has 1 saturated carbocycles. The molecule has 0 N–H and O–H groups in total. The monoisotopic (exact) mass is 292 g/mol. The third-order valence-electron chi connectivity index (χ3n) is 3.88. The number of hydrogen-bond acceptors (Lipinski definition) is 1. The normalized spacial score (nSPS) is 17.1. The first kappa shape index (κ1) is 11.3. The summed E-state index contributed by atoms with van der Waals surface area (Å²) in [4.78, 5) is 0. The molecule has 1 aliphatic rings. The molecule has 0 radical (unpaired) electrons. The van der Waals surface area contributed by atoms with Crippen molar-refractivity contribution in [2.75, 3.05) is 0 Å². The Balaban J connectivity index is 2.25. The first-order valence-corrected chi connectivity index (χ1v) is 7.15. The Morgan fingerprint density at radius 3 is 2.59 bits per heavy atom. The van der Waals surface area contributed by atoms with E-state index in [1.165, 1.54) is 42.2 Å². The fourth-order valence-corrected chi connectivity index (χ4v) is 3.81. The van der Waals surface area contributed by atoms with Crippen molar-refractivity contribution >= 4 is 26.9 Å². The van der Waals surface area contributed by atoms with Gasteiger partial charge in [0, 0.05) is 10.9 Å². The molecule has 17 heavy (non-hydrogen) atoms. The van der Waals surface area contributed by atoms with E-state index in [1.807, 2.05) is 0 Å². The van der Waals surface area contributed by atoms with E-state index < -0.39 is 0 Å². The van der Waals surface area contributed by atoms with E-state index in [2.05, 4.69) is 41.9 Å². The number of benzene rings is 1. The van der Waals surface area contributed by atoms with E-state index in [1.54, 1.807) is 0 Å². The average Bonchev–Trinajstić information content (AvgIpc) is 2.84. The lowest BCUT2D eigenvalue weighted by molar-refractivity contribution is 0.560. The third-order valence-corrected chi connectivity index (χ3v) is 4.47. The highest BCUT2D eigenvalue weighted by Crippen LogP contribution is 2.42. The Hall–Kier alpha value is -0.760. The number of furan rings is 1. The van der Waals surface area contributed by atoms with Crippen LogP contribution in [-0.2, 0) is 0 Å². The maximum atomic E-state index is 5.95. The Labute approximate surface area is 110 Å². The Morgan fingerprint density at radius 2 is 1.88 bits per heavy atom. The van der Waals surface area contributed by atoms with Gasteiger partial charge in [-0.25, -0.2) is 0 Å². The average molecular weight is 293 g/mol. The van der Waals surface area contributed by atoms with E-state index in [-0.39, 0.29) is 0 Å². The molecule has 0 bridgehead atoms. The van der Waals surface area contributed by atoms with Crippen LogP contribution in [0.3, 0.4) is 0 Å². The van der Waals surface area contributed by atoms with E-state index in [4.69, 9.17) is 4.42 Å². The molecule has 0 unspecified atom stereocenters. The smallest absolute Gasteiger partial charge is 0.148 e. The van der Waals surface area contributed by atoms with Crippen LogP contribution in [0.5, 0.6) is 0 Å². The van der Waals surface area contributed by atoms with Gasteiger partial charge in [-0.3, -0.25) is 0 Å². The molecule has 0 aliphatic heterocycles. The fourth-order valence-electron chi connectivity index (χ4n) is 3.15. The van der Waals surface area contributed by atoms with Crippen molar-refractivity contribution in [2.45, 2.75) is 45.4 Å². The lowest BCUT2D eigenvalue weighted by Crippen LogP contribution is -1.93. The molecule has 1 aromatic heterocycles. The first-order valence-electron chi connectivity index (χ1n) is 6.36. The zero-order valence-corrected chi connectivity index (χ0v) is 11.9. The van der Waals surface area contributed by atoms with E-state index in [0.717, 1.165) is 15.8 Å². The van der Waals surface area contributed by atoms with Gasteiger partial charge >= 0.3 is 0 Å². The summed E-state index contributed by atoms with van der Waals surface area (Å²) in [5, 5.41) is 1.32. The molecule has 0 atom stereocenters. The summed E-state index contributed by atoms with van der Waals surface area (Å²) in [6, 6.07) is 4.40. The third kappa shape index (κ3) is 1.83. The number of aryl methyl sites for hydroxylation is 2. The number of rotatable bonds is 1. The van der Waals surface area contributed by atoms with Crippen LogP contribution in [0.15, 0.2) is 21.0 Å². The molecule has 0 spiro atoms. The van der Waals surface area contributed by atoms with Gasteiger partial charge in [-0.05, 0) is 66.2 Å². The molecule has 0 saturated heterocycles. The van der Waals surface area contributed by atoms with E-state index >= 15 is 0 Å². The molecular weight excluding hydrogens is 276 g/mol. The quantitative estimate of drug-likeness (QED) is 0.679. The van der Waals surface area contributed by atoms with Gasteiger partial charge in [0.05, 0.1) is 4.47 Å². The van der Waals surface area contributed by atoms with Gasteiger partial charge in [0.15, 0.2) is 0 Å². The molecule has 0 amide bonds. The second-order valence-electron chi connectivity index (χ2n) is 5.18. The zero-order valence-electron chi connectivity index (χ0n) is 10.3. The fraction of sp³-hybridized carbons (Fsp3) is 0.467. The highest BCUT2D eigenvalue weighted by molar-refractivity contribution is 9.10. The van der Waals surface area contributed by atoms with Crippen LogP contribution < -0.4 is 0 Å². The van der Waals surface area contributed by atoms with Gasteiger partial charge in [-0.15, -0.1) is 0 Å². The van der Waals surface area contributed by atoms with Gasteiger partial charge in [0.2, 0.25) is 0 Å². The number of hydrogen-bond donors (Lipinski definition) is 0. The lowest BCUT2D eigenvalue weighted by Gasteiger charge is -2.08. The lowest BCUT2D eigenvalue weighted by atomic mass is 9.94. The van der Waals surface area contributed by atoms with Crippen molar-refractivity contribution in [3.63, 3.8) is 0 Å². The zero-order chi connectivity index (χ0) is 12.0. The largest absolute Gasteiger partial charge is 0.460 e. The van der Waals surface area contributed by atoms with Crippen molar-refractivity contribution in [3.05, 3.63) is 33.5 Å². The molecule has 3 rings (SSSR count). The second kappa shape index (κ2) is 4.16. The molecular formula is C15H17BrO. The van der Waals surface area contributed by atoms with Gasteiger partial charge in [-0.2, -0.15) is 0 Å². The summed E-state index contributed by atoms with van der Waals surface area (Å²) in [7, 11) is 0. The summed E-state index contributed by atoms with van der Waals surface area (Å²) in [5.74, 6) is 1.82. The molecule has 1 fully saturated rings. The standard InChI is InChI=1S/C15H17BrO/c1-9-7-12-14(11-5-3-4-6-11)10(2)17-15(12)13(16)8-9/h7-8,11H,3-6H2,1-2H3. The molecule has 2 aromatic rings. The van der Waals surface area contributed by atoms with Crippen LogP contribution in [0.4, 0.5) is 0 Å². The summed E-state index contributed by atoms with van der Waals surface area (Å²) in [6.07, 6.45) is 5.37. The highest BCUT2D eigenvalue weighted by atomic mass is 79.9. The minimum Gasteiger partial charge on any atom is -0.460 e. The van der Waals surface area contributed by atoms with Crippen molar-refractivity contribution in [1.82, 2.24) is 0 Å². The summed E-state index contributed by atoms with van der Waals surface area (Å²) in [5.41, 5.74) is 3.78. The Morgan fingerprint density at radius 1 is 1.18 bits per heavy atom. The molecule has 1 aromatic carbocycles. The summed E-state index contributed by atoms with van der Waals surface area (Å²) < 4.78 is 7.03. The van der Waals surface area contributed by atoms with Crippen molar-refractivity contribution in [3.8, 4) is 0 Å². The van der Waals surface area contributed by atoms with Crippen LogP contribution in [0.25, 0.3) is 11.0 Å². The molecule has 1 heterocycles. The van der Waals surface area contributed by atoms with E-state index in [0.29, 0.717) is 5.92 Å². The molecule has 90 valence electrons. The van der Waals surface area contributed by atoms with E-state index in [9.17, 15) is 0 Å².